The maximum atomic E-state index is 12.4. The maximum Gasteiger partial charge on any atom is 0.355 e. The molecule has 2 atom stereocenters. The minimum atomic E-state index is -0.661. The third kappa shape index (κ3) is 5.34. The number of esters is 2. The topological polar surface area (TPSA) is 97.5 Å². The molecule has 1 aromatic heterocycles. The van der Waals surface area contributed by atoms with Gasteiger partial charge in [0.2, 0.25) is 0 Å². The number of H-pyrrole nitrogens is 1. The normalized spacial score (nSPS) is 19.6. The zero-order valence-electron chi connectivity index (χ0n) is 16.8. The lowest BCUT2D eigenvalue weighted by Crippen LogP contribution is -2.42. The van der Waals surface area contributed by atoms with E-state index < -0.39 is 11.9 Å². The summed E-state index contributed by atoms with van der Waals surface area (Å²) in [6.07, 6.45) is 4.09. The Morgan fingerprint density at radius 2 is 1.81 bits per heavy atom. The van der Waals surface area contributed by atoms with Crippen LogP contribution < -0.4 is 5.32 Å². The van der Waals surface area contributed by atoms with Gasteiger partial charge in [0.1, 0.15) is 5.69 Å². The summed E-state index contributed by atoms with van der Waals surface area (Å²) in [6.45, 7) is 8.65. The number of carbonyl (C=O) groups excluding carboxylic acids is 3. The highest BCUT2D eigenvalue weighted by Gasteiger charge is 2.26. The second-order valence-corrected chi connectivity index (χ2v) is 7.59. The summed E-state index contributed by atoms with van der Waals surface area (Å²) < 4.78 is 10.4. The van der Waals surface area contributed by atoms with E-state index in [0.29, 0.717) is 22.7 Å². The minimum Gasteiger partial charge on any atom is -0.459 e. The van der Waals surface area contributed by atoms with E-state index >= 15 is 0 Å². The Balaban J connectivity index is 1.96. The summed E-state index contributed by atoms with van der Waals surface area (Å²) in [5.74, 6) is -1.02. The molecule has 1 saturated carbocycles. The Bertz CT molecular complexity index is 707. The second-order valence-electron chi connectivity index (χ2n) is 7.59. The van der Waals surface area contributed by atoms with E-state index in [4.69, 9.17) is 9.47 Å². The summed E-state index contributed by atoms with van der Waals surface area (Å²) >= 11 is 0. The molecule has 1 heterocycles. The van der Waals surface area contributed by atoms with Gasteiger partial charge >= 0.3 is 11.9 Å². The predicted molar refractivity (Wildman–Crippen MR) is 101 cm³/mol. The fourth-order valence-corrected chi connectivity index (χ4v) is 3.52. The van der Waals surface area contributed by atoms with E-state index in [1.165, 1.54) is 6.42 Å². The molecule has 2 N–H and O–H groups in total. The van der Waals surface area contributed by atoms with Gasteiger partial charge in [0.15, 0.2) is 6.61 Å². The van der Waals surface area contributed by atoms with Crippen molar-refractivity contribution in [3.8, 4) is 0 Å². The molecule has 1 aliphatic rings. The monoisotopic (exact) mass is 378 g/mol. The van der Waals surface area contributed by atoms with Crippen LogP contribution in [0.5, 0.6) is 0 Å². The van der Waals surface area contributed by atoms with Crippen LogP contribution in [0.3, 0.4) is 0 Å². The van der Waals surface area contributed by atoms with Crippen molar-refractivity contribution in [2.75, 3.05) is 6.61 Å². The number of amides is 1. The Kier molecular flexibility index (Phi) is 7.05. The van der Waals surface area contributed by atoms with Crippen LogP contribution in [0.25, 0.3) is 0 Å². The van der Waals surface area contributed by atoms with Crippen LogP contribution in [0.1, 0.15) is 78.6 Å². The Morgan fingerprint density at radius 1 is 1.15 bits per heavy atom. The molecule has 7 nitrogen and oxygen atoms in total. The molecular formula is C20H30N2O5. The van der Waals surface area contributed by atoms with Crippen LogP contribution in [0.15, 0.2) is 0 Å². The van der Waals surface area contributed by atoms with Crippen LogP contribution in [0, 0.1) is 19.8 Å². The van der Waals surface area contributed by atoms with Gasteiger partial charge in [-0.15, -0.1) is 0 Å². The molecule has 0 bridgehead atoms. The first-order valence-electron chi connectivity index (χ1n) is 9.57. The molecule has 2 rings (SSSR count). The maximum absolute atomic E-state index is 12.4. The Morgan fingerprint density at radius 3 is 2.44 bits per heavy atom. The van der Waals surface area contributed by atoms with Gasteiger partial charge in [0, 0.05) is 11.7 Å². The van der Waals surface area contributed by atoms with Gasteiger partial charge < -0.3 is 19.8 Å². The van der Waals surface area contributed by atoms with Gasteiger partial charge in [0.05, 0.1) is 11.7 Å². The summed E-state index contributed by atoms with van der Waals surface area (Å²) in [5.41, 5.74) is 1.49. The number of hydrogen-bond acceptors (Lipinski definition) is 5. The number of aryl methyl sites for hydroxylation is 1. The molecule has 1 aromatic rings. The predicted octanol–water partition coefficient (Wildman–Crippen LogP) is 3.05. The van der Waals surface area contributed by atoms with Crippen LogP contribution in [-0.2, 0) is 14.3 Å². The molecular weight excluding hydrogens is 348 g/mol. The van der Waals surface area contributed by atoms with Crippen molar-refractivity contribution < 1.29 is 23.9 Å². The number of rotatable bonds is 6. The highest BCUT2D eigenvalue weighted by molar-refractivity contribution is 5.99. The first kappa shape index (κ1) is 21.0. The molecule has 0 aliphatic heterocycles. The zero-order valence-corrected chi connectivity index (χ0v) is 16.8. The van der Waals surface area contributed by atoms with Crippen LogP contribution in [-0.4, -0.2) is 41.6 Å². The first-order valence-corrected chi connectivity index (χ1v) is 9.57. The molecule has 1 amide bonds. The SMILES string of the molecule is Cc1[nH]c(C(=O)OCC(=O)N[C@H]2CCCC[C@@H]2C)c(C)c1C(=O)OC(C)C. The molecule has 0 aromatic carbocycles. The van der Waals surface area contributed by atoms with Gasteiger partial charge in [-0.3, -0.25) is 4.79 Å². The molecule has 0 saturated heterocycles. The average Bonchev–Trinajstić information content (AvgIpc) is 2.89. The molecule has 1 aliphatic carbocycles. The van der Waals surface area contributed by atoms with Gasteiger partial charge in [-0.25, -0.2) is 9.59 Å². The summed E-state index contributed by atoms with van der Waals surface area (Å²) in [4.78, 5) is 39.5. The number of hydrogen-bond donors (Lipinski definition) is 2. The highest BCUT2D eigenvalue weighted by atomic mass is 16.5. The quantitative estimate of drug-likeness (QED) is 0.742. The Labute approximate surface area is 160 Å². The molecule has 150 valence electrons. The third-order valence-electron chi connectivity index (χ3n) is 4.98. The van der Waals surface area contributed by atoms with E-state index in [1.807, 2.05) is 0 Å². The molecule has 1 fully saturated rings. The first-order chi connectivity index (χ1) is 12.7. The van der Waals surface area contributed by atoms with Crippen LogP contribution in [0.2, 0.25) is 0 Å². The Hall–Kier alpha value is -2.31. The molecule has 7 heteroatoms. The van der Waals surface area contributed by atoms with Crippen molar-refractivity contribution in [2.45, 2.75) is 72.4 Å². The minimum absolute atomic E-state index is 0.136. The van der Waals surface area contributed by atoms with Crippen molar-refractivity contribution in [3.05, 3.63) is 22.5 Å². The number of aromatic nitrogens is 1. The van der Waals surface area contributed by atoms with Crippen LogP contribution >= 0.6 is 0 Å². The largest absolute Gasteiger partial charge is 0.459 e. The second kappa shape index (κ2) is 9.06. The van der Waals surface area contributed by atoms with Crippen molar-refractivity contribution in [2.24, 2.45) is 5.92 Å². The van der Waals surface area contributed by atoms with Crippen LogP contribution in [0.4, 0.5) is 0 Å². The molecule has 0 unspecified atom stereocenters. The molecule has 27 heavy (non-hydrogen) atoms. The van der Waals surface area contributed by atoms with E-state index in [0.717, 1.165) is 19.3 Å². The number of nitrogens with one attached hydrogen (secondary N) is 2. The van der Waals surface area contributed by atoms with Gasteiger partial charge in [-0.2, -0.15) is 0 Å². The molecule has 0 spiro atoms. The number of aromatic amines is 1. The van der Waals surface area contributed by atoms with Gasteiger partial charge in [-0.05, 0) is 52.0 Å². The van der Waals surface area contributed by atoms with Gasteiger partial charge in [-0.1, -0.05) is 19.8 Å². The molecule has 0 radical (unpaired) electrons. The fourth-order valence-electron chi connectivity index (χ4n) is 3.52. The fraction of sp³-hybridized carbons (Fsp3) is 0.650. The summed E-state index contributed by atoms with van der Waals surface area (Å²) in [7, 11) is 0. The lowest BCUT2D eigenvalue weighted by molar-refractivity contribution is -0.125. The number of ether oxygens (including phenoxy) is 2. The van der Waals surface area contributed by atoms with Crippen molar-refractivity contribution in [1.29, 1.82) is 0 Å². The smallest absolute Gasteiger partial charge is 0.355 e. The highest BCUT2D eigenvalue weighted by Crippen LogP contribution is 2.24. The van der Waals surface area contributed by atoms with Crippen molar-refractivity contribution in [3.63, 3.8) is 0 Å². The van der Waals surface area contributed by atoms with Crippen molar-refractivity contribution >= 4 is 17.8 Å². The lowest BCUT2D eigenvalue weighted by atomic mass is 9.86. The van der Waals surface area contributed by atoms with E-state index in [1.54, 1.807) is 27.7 Å². The van der Waals surface area contributed by atoms with E-state index in [-0.39, 0.29) is 30.4 Å². The third-order valence-corrected chi connectivity index (χ3v) is 4.98. The summed E-state index contributed by atoms with van der Waals surface area (Å²) in [5, 5.41) is 2.95. The standard InChI is InChI=1S/C20H30N2O5/c1-11(2)27-19(24)17-13(4)18(21-14(17)5)20(25)26-10-16(23)22-15-9-7-6-8-12(15)3/h11-12,15,21H,6-10H2,1-5H3,(H,22,23)/t12-,15-/m0/s1. The van der Waals surface area contributed by atoms with Crippen molar-refractivity contribution in [1.82, 2.24) is 10.3 Å². The zero-order chi connectivity index (χ0) is 20.1. The average molecular weight is 378 g/mol. The number of carbonyl (C=O) groups is 3. The van der Waals surface area contributed by atoms with Gasteiger partial charge in [0.25, 0.3) is 5.91 Å². The van der Waals surface area contributed by atoms with E-state index in [9.17, 15) is 14.4 Å². The van der Waals surface area contributed by atoms with E-state index in [2.05, 4.69) is 17.2 Å². The lowest BCUT2D eigenvalue weighted by Gasteiger charge is -2.29. The summed E-state index contributed by atoms with van der Waals surface area (Å²) in [6, 6.07) is 0.136.